The predicted octanol–water partition coefficient (Wildman–Crippen LogP) is 3.78. The molecule has 2 N–H and O–H groups in total. The van der Waals surface area contributed by atoms with Crippen LogP contribution >= 0.6 is 11.6 Å². The van der Waals surface area contributed by atoms with Crippen molar-refractivity contribution in [1.29, 1.82) is 0 Å². The fourth-order valence-electron chi connectivity index (χ4n) is 2.30. The number of amides is 1. The van der Waals surface area contributed by atoms with Gasteiger partial charge in [-0.1, -0.05) is 29.8 Å². The number of aryl methyl sites for hydroxylation is 1. The monoisotopic (exact) mass is 355 g/mol. The molecule has 0 fully saturated rings. The van der Waals surface area contributed by atoms with Gasteiger partial charge in [-0.05, 0) is 42.8 Å². The predicted molar refractivity (Wildman–Crippen MR) is 94.7 cm³/mol. The molecule has 7 heteroatoms. The van der Waals surface area contributed by atoms with E-state index in [0.717, 1.165) is 5.56 Å². The molecule has 0 aliphatic heterocycles. The molecule has 0 spiro atoms. The number of carbonyl (C=O) groups excluding carboxylic acids is 1. The van der Waals surface area contributed by atoms with Crippen LogP contribution in [0, 0.1) is 6.92 Å². The van der Waals surface area contributed by atoms with E-state index in [1.807, 2.05) is 13.0 Å². The maximum absolute atomic E-state index is 12.4. The second-order valence-electron chi connectivity index (χ2n) is 5.38. The number of nitrogens with one attached hydrogen (secondary N) is 1. The van der Waals surface area contributed by atoms with Gasteiger partial charge in [0.2, 0.25) is 0 Å². The number of carboxylic acid groups (broad SMARTS) is 1. The summed E-state index contributed by atoms with van der Waals surface area (Å²) in [5.74, 6) is -1.42. The summed E-state index contributed by atoms with van der Waals surface area (Å²) >= 11 is 6.05. The second-order valence-corrected chi connectivity index (χ2v) is 5.79. The van der Waals surface area contributed by atoms with Crippen molar-refractivity contribution in [2.75, 3.05) is 5.32 Å². The van der Waals surface area contributed by atoms with Crippen LogP contribution in [0.1, 0.15) is 26.4 Å². The van der Waals surface area contributed by atoms with Crippen molar-refractivity contribution in [3.8, 4) is 5.69 Å². The van der Waals surface area contributed by atoms with Gasteiger partial charge < -0.3 is 10.4 Å². The summed E-state index contributed by atoms with van der Waals surface area (Å²) in [6.07, 6.45) is 1.55. The summed E-state index contributed by atoms with van der Waals surface area (Å²) in [5.41, 5.74) is 2.40. The van der Waals surface area contributed by atoms with Crippen molar-refractivity contribution < 1.29 is 14.7 Å². The Balaban J connectivity index is 1.90. The van der Waals surface area contributed by atoms with Crippen molar-refractivity contribution in [3.05, 3.63) is 76.6 Å². The van der Waals surface area contributed by atoms with Gasteiger partial charge in [0, 0.05) is 11.9 Å². The number of carboxylic acids is 1. The zero-order chi connectivity index (χ0) is 18.0. The Morgan fingerprint density at radius 3 is 2.60 bits per heavy atom. The van der Waals surface area contributed by atoms with Crippen LogP contribution in [0.3, 0.4) is 0 Å². The summed E-state index contributed by atoms with van der Waals surface area (Å²) in [6.45, 7) is 1.86. The van der Waals surface area contributed by atoms with E-state index in [9.17, 15) is 9.59 Å². The van der Waals surface area contributed by atoms with Gasteiger partial charge in [-0.3, -0.25) is 4.79 Å². The number of halogens is 1. The Kier molecular flexibility index (Phi) is 4.54. The summed E-state index contributed by atoms with van der Waals surface area (Å²) < 4.78 is 1.44. The van der Waals surface area contributed by atoms with Gasteiger partial charge in [0.25, 0.3) is 5.91 Å². The van der Waals surface area contributed by atoms with E-state index in [4.69, 9.17) is 16.7 Å². The third kappa shape index (κ3) is 3.54. The highest BCUT2D eigenvalue weighted by atomic mass is 35.5. The van der Waals surface area contributed by atoms with Gasteiger partial charge in [-0.2, -0.15) is 5.10 Å². The molecule has 0 saturated carbocycles. The fourth-order valence-corrected chi connectivity index (χ4v) is 2.53. The van der Waals surface area contributed by atoms with Crippen molar-refractivity contribution in [1.82, 2.24) is 9.78 Å². The summed E-state index contributed by atoms with van der Waals surface area (Å²) in [7, 11) is 0. The highest BCUT2D eigenvalue weighted by molar-refractivity contribution is 6.34. The molecule has 0 unspecified atom stereocenters. The summed E-state index contributed by atoms with van der Waals surface area (Å²) in [5, 5.41) is 16.1. The Morgan fingerprint density at radius 2 is 1.92 bits per heavy atom. The van der Waals surface area contributed by atoms with Gasteiger partial charge in [0.15, 0.2) is 5.69 Å². The van der Waals surface area contributed by atoms with Crippen molar-refractivity contribution in [3.63, 3.8) is 0 Å². The first-order valence-electron chi connectivity index (χ1n) is 7.41. The van der Waals surface area contributed by atoms with Crippen LogP contribution < -0.4 is 5.32 Å². The molecule has 0 saturated heterocycles. The number of benzene rings is 2. The molecular formula is C18H14ClN3O3. The average Bonchev–Trinajstić information content (AvgIpc) is 3.07. The van der Waals surface area contributed by atoms with Crippen LogP contribution in [0.4, 0.5) is 5.69 Å². The minimum absolute atomic E-state index is 0.0535. The first-order chi connectivity index (χ1) is 12.0. The van der Waals surface area contributed by atoms with E-state index in [1.165, 1.54) is 10.7 Å². The minimum atomic E-state index is -1.10. The molecule has 3 rings (SSSR count). The molecule has 2 aromatic carbocycles. The lowest BCUT2D eigenvalue weighted by molar-refractivity contribution is 0.0689. The largest absolute Gasteiger partial charge is 0.476 e. The van der Waals surface area contributed by atoms with Crippen LogP contribution in [0.5, 0.6) is 0 Å². The SMILES string of the molecule is Cc1ccc(-n2ccc(C(=O)O)n2)cc1NC(=O)c1ccccc1Cl. The Bertz CT molecular complexity index is 966. The summed E-state index contributed by atoms with van der Waals surface area (Å²) in [6, 6.07) is 13.5. The molecule has 0 bridgehead atoms. The second kappa shape index (κ2) is 6.78. The van der Waals surface area contributed by atoms with E-state index in [0.29, 0.717) is 22.0 Å². The maximum Gasteiger partial charge on any atom is 0.356 e. The third-order valence-corrected chi connectivity index (χ3v) is 3.99. The number of anilines is 1. The van der Waals surface area contributed by atoms with Crippen LogP contribution in [0.25, 0.3) is 5.69 Å². The molecule has 25 heavy (non-hydrogen) atoms. The third-order valence-electron chi connectivity index (χ3n) is 3.66. The van der Waals surface area contributed by atoms with Gasteiger partial charge in [0.05, 0.1) is 16.3 Å². The lowest BCUT2D eigenvalue weighted by Crippen LogP contribution is -2.13. The van der Waals surface area contributed by atoms with Crippen LogP contribution in [0.2, 0.25) is 5.02 Å². The van der Waals surface area contributed by atoms with Gasteiger partial charge in [-0.25, -0.2) is 9.48 Å². The zero-order valence-corrected chi connectivity index (χ0v) is 14.0. The lowest BCUT2D eigenvalue weighted by Gasteiger charge is -2.11. The van der Waals surface area contributed by atoms with Crippen LogP contribution in [-0.4, -0.2) is 26.8 Å². The minimum Gasteiger partial charge on any atom is -0.476 e. The molecule has 1 amide bonds. The molecule has 0 atom stereocenters. The number of carbonyl (C=O) groups is 2. The number of aromatic carboxylic acids is 1. The van der Waals surface area contributed by atoms with Crippen molar-refractivity contribution in [2.24, 2.45) is 0 Å². The number of aromatic nitrogens is 2. The molecule has 0 radical (unpaired) electrons. The van der Waals surface area contributed by atoms with E-state index in [-0.39, 0.29) is 11.6 Å². The van der Waals surface area contributed by atoms with E-state index in [2.05, 4.69) is 10.4 Å². The normalized spacial score (nSPS) is 10.5. The lowest BCUT2D eigenvalue weighted by atomic mass is 10.1. The first kappa shape index (κ1) is 16.7. The number of nitrogens with zero attached hydrogens (tertiary/aromatic N) is 2. The van der Waals surface area contributed by atoms with E-state index < -0.39 is 5.97 Å². The van der Waals surface area contributed by atoms with Gasteiger partial charge >= 0.3 is 5.97 Å². The Hall–Kier alpha value is -3.12. The topological polar surface area (TPSA) is 84.2 Å². The molecule has 0 aliphatic rings. The molecule has 1 heterocycles. The molecule has 3 aromatic rings. The number of hydrogen-bond donors (Lipinski definition) is 2. The fraction of sp³-hybridized carbons (Fsp3) is 0.0556. The zero-order valence-electron chi connectivity index (χ0n) is 13.2. The molecule has 126 valence electrons. The number of rotatable bonds is 4. The van der Waals surface area contributed by atoms with Crippen LogP contribution in [-0.2, 0) is 0 Å². The van der Waals surface area contributed by atoms with Crippen molar-refractivity contribution >= 4 is 29.2 Å². The molecule has 6 nitrogen and oxygen atoms in total. The Labute approximate surface area is 148 Å². The average molecular weight is 356 g/mol. The van der Waals surface area contributed by atoms with Gasteiger partial charge in [-0.15, -0.1) is 0 Å². The standard InChI is InChI=1S/C18H14ClN3O3/c1-11-6-7-12(22-9-8-15(21-22)18(24)25)10-16(11)20-17(23)13-4-2-3-5-14(13)19/h2-10H,1H3,(H,20,23)(H,24,25). The van der Waals surface area contributed by atoms with Crippen molar-refractivity contribution in [2.45, 2.75) is 6.92 Å². The van der Waals surface area contributed by atoms with E-state index in [1.54, 1.807) is 42.6 Å². The molecular weight excluding hydrogens is 342 g/mol. The quantitative estimate of drug-likeness (QED) is 0.745. The Morgan fingerprint density at radius 1 is 1.16 bits per heavy atom. The molecule has 0 aliphatic carbocycles. The van der Waals surface area contributed by atoms with E-state index >= 15 is 0 Å². The maximum atomic E-state index is 12.4. The van der Waals surface area contributed by atoms with Gasteiger partial charge in [0.1, 0.15) is 0 Å². The molecule has 1 aromatic heterocycles. The number of hydrogen-bond acceptors (Lipinski definition) is 3. The van der Waals surface area contributed by atoms with Crippen LogP contribution in [0.15, 0.2) is 54.7 Å². The highest BCUT2D eigenvalue weighted by Crippen LogP contribution is 2.22. The summed E-state index contributed by atoms with van der Waals surface area (Å²) in [4.78, 5) is 23.4. The highest BCUT2D eigenvalue weighted by Gasteiger charge is 2.13. The smallest absolute Gasteiger partial charge is 0.356 e. The first-order valence-corrected chi connectivity index (χ1v) is 7.79.